The molecule has 6 heteroatoms. The van der Waals surface area contributed by atoms with E-state index in [1.165, 1.54) is 5.69 Å². The molecule has 1 aliphatic heterocycles. The molecule has 2 aromatic rings. The third kappa shape index (κ3) is 4.52. The van der Waals surface area contributed by atoms with Crippen molar-refractivity contribution in [2.75, 3.05) is 50.1 Å². The zero-order chi connectivity index (χ0) is 18.4. The van der Waals surface area contributed by atoms with Gasteiger partial charge in [-0.05, 0) is 36.4 Å². The fraction of sp³-hybridized carbons (Fsp3) is 0.300. The standard InChI is InChI=1S/C20H22N4O2/c1-23-10-12-24(13-11-23)18-8-6-17(7-9-18)22-20(25)15-26-19-5-3-2-4-16(19)14-21/h2-9H,10-13,15H2,1H3,(H,22,25)/p+1. The van der Waals surface area contributed by atoms with Crippen molar-refractivity contribution in [3.63, 3.8) is 0 Å². The van der Waals surface area contributed by atoms with Gasteiger partial charge in [-0.3, -0.25) is 4.79 Å². The normalized spacial score (nSPS) is 14.5. The molecular weight excluding hydrogens is 328 g/mol. The van der Waals surface area contributed by atoms with Crippen LogP contribution in [0.2, 0.25) is 0 Å². The summed E-state index contributed by atoms with van der Waals surface area (Å²) in [5.41, 5.74) is 2.32. The second-order valence-corrected chi connectivity index (χ2v) is 6.44. The number of hydrogen-bond donors (Lipinski definition) is 2. The highest BCUT2D eigenvalue weighted by Gasteiger charge is 2.16. The van der Waals surface area contributed by atoms with Gasteiger partial charge in [0.2, 0.25) is 0 Å². The smallest absolute Gasteiger partial charge is 0.262 e. The van der Waals surface area contributed by atoms with E-state index >= 15 is 0 Å². The van der Waals surface area contributed by atoms with Crippen molar-refractivity contribution >= 4 is 17.3 Å². The van der Waals surface area contributed by atoms with Crippen LogP contribution in [0.15, 0.2) is 48.5 Å². The summed E-state index contributed by atoms with van der Waals surface area (Å²) in [5, 5.41) is 11.8. The summed E-state index contributed by atoms with van der Waals surface area (Å²) < 4.78 is 5.45. The highest BCUT2D eigenvalue weighted by molar-refractivity contribution is 5.92. The van der Waals surface area contributed by atoms with E-state index in [4.69, 9.17) is 10.00 Å². The molecule has 0 radical (unpaired) electrons. The number of nitrogens with one attached hydrogen (secondary N) is 2. The lowest BCUT2D eigenvalue weighted by Gasteiger charge is -2.31. The molecule has 26 heavy (non-hydrogen) atoms. The topological polar surface area (TPSA) is 69.8 Å². The summed E-state index contributed by atoms with van der Waals surface area (Å²) in [6, 6.07) is 16.8. The van der Waals surface area contributed by atoms with Crippen molar-refractivity contribution in [3.8, 4) is 11.8 Å². The summed E-state index contributed by atoms with van der Waals surface area (Å²) in [5.74, 6) is 0.159. The molecule has 0 unspecified atom stereocenters. The number of benzene rings is 2. The van der Waals surface area contributed by atoms with Crippen molar-refractivity contribution in [1.82, 2.24) is 0 Å². The van der Waals surface area contributed by atoms with Gasteiger partial charge in [0.15, 0.2) is 6.61 Å². The number of hydrogen-bond acceptors (Lipinski definition) is 4. The van der Waals surface area contributed by atoms with Gasteiger partial charge in [-0.25, -0.2) is 0 Å². The molecule has 0 aromatic heterocycles. The predicted molar refractivity (Wildman–Crippen MR) is 101 cm³/mol. The number of ether oxygens (including phenoxy) is 1. The Hall–Kier alpha value is -3.04. The number of carbonyl (C=O) groups excluding carboxylic acids is 1. The second kappa shape index (κ2) is 8.37. The number of nitrogens with zero attached hydrogens (tertiary/aromatic N) is 2. The van der Waals surface area contributed by atoms with Crippen LogP contribution in [0, 0.1) is 11.3 Å². The molecule has 0 saturated carbocycles. The first-order valence-corrected chi connectivity index (χ1v) is 8.74. The number of piperazine rings is 1. The van der Waals surface area contributed by atoms with Crippen molar-refractivity contribution in [2.24, 2.45) is 0 Å². The maximum absolute atomic E-state index is 12.1. The van der Waals surface area contributed by atoms with Crippen molar-refractivity contribution in [3.05, 3.63) is 54.1 Å². The average Bonchev–Trinajstić information content (AvgIpc) is 2.68. The first-order chi connectivity index (χ1) is 12.7. The summed E-state index contributed by atoms with van der Waals surface area (Å²) in [7, 11) is 2.22. The molecular formula is C20H23N4O2+. The second-order valence-electron chi connectivity index (χ2n) is 6.44. The van der Waals surface area contributed by atoms with Gasteiger partial charge in [0, 0.05) is 11.4 Å². The molecule has 0 bridgehead atoms. The van der Waals surface area contributed by atoms with E-state index in [9.17, 15) is 4.79 Å². The van der Waals surface area contributed by atoms with Crippen LogP contribution in [0.25, 0.3) is 0 Å². The molecule has 0 spiro atoms. The number of anilines is 2. The highest BCUT2D eigenvalue weighted by Crippen LogP contribution is 2.19. The lowest BCUT2D eigenvalue weighted by molar-refractivity contribution is -0.880. The monoisotopic (exact) mass is 351 g/mol. The van der Waals surface area contributed by atoms with Crippen LogP contribution in [0.5, 0.6) is 5.75 Å². The van der Waals surface area contributed by atoms with Gasteiger partial charge in [-0.1, -0.05) is 12.1 Å². The van der Waals surface area contributed by atoms with Crippen molar-refractivity contribution < 1.29 is 14.4 Å². The van der Waals surface area contributed by atoms with Crippen LogP contribution in [-0.4, -0.2) is 45.7 Å². The third-order valence-electron chi connectivity index (χ3n) is 4.50. The van der Waals surface area contributed by atoms with Crippen molar-refractivity contribution in [1.29, 1.82) is 5.26 Å². The Labute approximate surface area is 153 Å². The Morgan fingerprint density at radius 2 is 1.88 bits per heavy atom. The number of rotatable bonds is 5. The van der Waals surface area contributed by atoms with Crippen LogP contribution >= 0.6 is 0 Å². The number of quaternary nitrogens is 1. The largest absolute Gasteiger partial charge is 0.482 e. The first kappa shape index (κ1) is 17.8. The molecule has 1 amide bonds. The van der Waals surface area contributed by atoms with Gasteiger partial charge < -0.3 is 19.9 Å². The molecule has 1 heterocycles. The van der Waals surface area contributed by atoms with Gasteiger partial charge in [0.05, 0.1) is 38.8 Å². The Bertz CT molecular complexity index is 790. The third-order valence-corrected chi connectivity index (χ3v) is 4.50. The van der Waals surface area contributed by atoms with Crippen molar-refractivity contribution in [2.45, 2.75) is 0 Å². The lowest BCUT2D eigenvalue weighted by Crippen LogP contribution is -3.12. The summed E-state index contributed by atoms with van der Waals surface area (Å²) in [4.78, 5) is 16.0. The van der Waals surface area contributed by atoms with E-state index < -0.39 is 0 Å². The fourth-order valence-corrected chi connectivity index (χ4v) is 2.93. The van der Waals surface area contributed by atoms with Crippen LogP contribution in [0.3, 0.4) is 0 Å². The number of para-hydroxylation sites is 1. The van der Waals surface area contributed by atoms with Gasteiger partial charge in [-0.15, -0.1) is 0 Å². The van der Waals surface area contributed by atoms with E-state index in [2.05, 4.69) is 17.3 Å². The Morgan fingerprint density at radius 3 is 2.58 bits per heavy atom. The number of carbonyl (C=O) groups is 1. The maximum Gasteiger partial charge on any atom is 0.262 e. The predicted octanol–water partition coefficient (Wildman–Crippen LogP) is 0.910. The Morgan fingerprint density at radius 1 is 1.19 bits per heavy atom. The Kier molecular flexibility index (Phi) is 5.72. The van der Waals surface area contributed by atoms with Gasteiger partial charge in [-0.2, -0.15) is 5.26 Å². The van der Waals surface area contributed by atoms with Gasteiger partial charge in [0.1, 0.15) is 11.8 Å². The molecule has 3 rings (SSSR count). The minimum Gasteiger partial charge on any atom is -0.482 e. The summed E-state index contributed by atoms with van der Waals surface area (Å²) in [6.07, 6.45) is 0. The van der Waals surface area contributed by atoms with E-state index in [0.717, 1.165) is 31.9 Å². The number of nitriles is 1. The average molecular weight is 351 g/mol. The van der Waals surface area contributed by atoms with E-state index in [1.807, 2.05) is 30.3 Å². The number of amides is 1. The summed E-state index contributed by atoms with van der Waals surface area (Å²) >= 11 is 0. The highest BCUT2D eigenvalue weighted by atomic mass is 16.5. The van der Waals surface area contributed by atoms with Crippen LogP contribution in [-0.2, 0) is 4.79 Å². The summed E-state index contributed by atoms with van der Waals surface area (Å²) in [6.45, 7) is 4.23. The zero-order valence-electron chi connectivity index (χ0n) is 14.9. The molecule has 0 aliphatic carbocycles. The SMILES string of the molecule is C[NH+]1CCN(c2ccc(NC(=O)COc3ccccc3C#N)cc2)CC1. The quantitative estimate of drug-likeness (QED) is 0.840. The number of likely N-dealkylation sites (N-methyl/N-ethyl adjacent to an activating group) is 1. The minimum absolute atomic E-state index is 0.137. The fourth-order valence-electron chi connectivity index (χ4n) is 2.93. The van der Waals surface area contributed by atoms with E-state index in [1.54, 1.807) is 29.2 Å². The van der Waals surface area contributed by atoms with Gasteiger partial charge >= 0.3 is 0 Å². The van der Waals surface area contributed by atoms with E-state index in [-0.39, 0.29) is 12.5 Å². The van der Waals surface area contributed by atoms with Crippen LogP contribution in [0.1, 0.15) is 5.56 Å². The first-order valence-electron chi connectivity index (χ1n) is 8.74. The minimum atomic E-state index is -0.256. The molecule has 134 valence electrons. The molecule has 2 N–H and O–H groups in total. The maximum atomic E-state index is 12.1. The molecule has 0 atom stereocenters. The lowest BCUT2D eigenvalue weighted by atomic mass is 10.2. The molecule has 1 aliphatic rings. The van der Waals surface area contributed by atoms with Crippen LogP contribution in [0.4, 0.5) is 11.4 Å². The zero-order valence-corrected chi connectivity index (χ0v) is 14.9. The van der Waals surface area contributed by atoms with E-state index in [0.29, 0.717) is 11.3 Å². The molecule has 2 aromatic carbocycles. The Balaban J connectivity index is 1.52. The van der Waals surface area contributed by atoms with Gasteiger partial charge in [0.25, 0.3) is 5.91 Å². The molecule has 6 nitrogen and oxygen atoms in total. The molecule has 1 saturated heterocycles. The van der Waals surface area contributed by atoms with Crippen LogP contribution < -0.4 is 19.9 Å². The molecule has 1 fully saturated rings.